The predicted molar refractivity (Wildman–Crippen MR) is 109 cm³/mol. The lowest BCUT2D eigenvalue weighted by Crippen LogP contribution is -2.25. The Hall–Kier alpha value is -3.93. The van der Waals surface area contributed by atoms with Crippen molar-refractivity contribution in [2.45, 2.75) is 6.54 Å². The molecule has 0 saturated heterocycles. The highest BCUT2D eigenvalue weighted by Crippen LogP contribution is 2.28. The summed E-state index contributed by atoms with van der Waals surface area (Å²) in [4.78, 5) is 18.8. The average molecular weight is 383 g/mol. The Labute approximate surface area is 166 Å². The Morgan fingerprint density at radius 1 is 0.966 bits per heavy atom. The van der Waals surface area contributed by atoms with Crippen LogP contribution in [0, 0.1) is 0 Å². The van der Waals surface area contributed by atoms with E-state index in [-0.39, 0.29) is 18.2 Å². The summed E-state index contributed by atoms with van der Waals surface area (Å²) in [5.41, 5.74) is 1.55. The number of rotatable bonds is 4. The molecular formula is C23H17N3O3. The Bertz CT molecular complexity index is 1320. The minimum absolute atomic E-state index is 0.191. The van der Waals surface area contributed by atoms with E-state index in [0.717, 1.165) is 21.7 Å². The van der Waals surface area contributed by atoms with Crippen LogP contribution >= 0.6 is 0 Å². The quantitative estimate of drug-likeness (QED) is 0.441. The van der Waals surface area contributed by atoms with E-state index in [1.807, 2.05) is 66.7 Å². The van der Waals surface area contributed by atoms with Gasteiger partial charge < -0.3 is 13.8 Å². The summed E-state index contributed by atoms with van der Waals surface area (Å²) >= 11 is 0. The summed E-state index contributed by atoms with van der Waals surface area (Å²) in [7, 11) is 1.68. The molecule has 29 heavy (non-hydrogen) atoms. The molecule has 1 amide bonds. The molecule has 6 nitrogen and oxygen atoms in total. The van der Waals surface area contributed by atoms with E-state index < -0.39 is 0 Å². The Morgan fingerprint density at radius 2 is 1.76 bits per heavy atom. The molecule has 0 unspecified atom stereocenters. The highest BCUT2D eigenvalue weighted by molar-refractivity contribution is 6.08. The van der Waals surface area contributed by atoms with Gasteiger partial charge in [-0.25, -0.2) is 0 Å². The number of aromatic nitrogens is 2. The third-order valence-corrected chi connectivity index (χ3v) is 4.86. The number of hydrogen-bond acceptors (Lipinski definition) is 5. The van der Waals surface area contributed by atoms with Crippen molar-refractivity contribution >= 4 is 27.6 Å². The third-order valence-electron chi connectivity index (χ3n) is 4.86. The second-order valence-corrected chi connectivity index (χ2v) is 6.85. The summed E-state index contributed by atoms with van der Waals surface area (Å²) in [6, 6.07) is 23.2. The van der Waals surface area contributed by atoms with E-state index in [0.29, 0.717) is 17.3 Å². The van der Waals surface area contributed by atoms with E-state index in [1.165, 1.54) is 4.90 Å². The molecule has 0 aliphatic heterocycles. The van der Waals surface area contributed by atoms with Gasteiger partial charge in [0.25, 0.3) is 5.91 Å². The van der Waals surface area contributed by atoms with Gasteiger partial charge in [-0.1, -0.05) is 65.8 Å². The Morgan fingerprint density at radius 3 is 2.62 bits per heavy atom. The van der Waals surface area contributed by atoms with Crippen LogP contribution in [0.25, 0.3) is 33.1 Å². The van der Waals surface area contributed by atoms with E-state index in [4.69, 9.17) is 8.94 Å². The Balaban J connectivity index is 1.39. The molecule has 0 radical (unpaired) electrons. The monoisotopic (exact) mass is 383 g/mol. The van der Waals surface area contributed by atoms with Gasteiger partial charge in [-0.05, 0) is 22.9 Å². The summed E-state index contributed by atoms with van der Waals surface area (Å²) < 4.78 is 11.1. The number of hydrogen-bond donors (Lipinski definition) is 0. The van der Waals surface area contributed by atoms with Crippen molar-refractivity contribution in [1.82, 2.24) is 15.0 Å². The minimum atomic E-state index is -0.246. The van der Waals surface area contributed by atoms with Crippen molar-refractivity contribution in [3.05, 3.63) is 84.4 Å². The number of fused-ring (bicyclic) bond motifs is 3. The smallest absolute Gasteiger partial charge is 0.289 e. The van der Waals surface area contributed by atoms with Crippen molar-refractivity contribution in [3.8, 4) is 11.4 Å². The molecule has 0 N–H and O–H groups in total. The number of nitrogens with zero attached hydrogens (tertiary/aromatic N) is 3. The molecule has 0 fully saturated rings. The first-order valence-corrected chi connectivity index (χ1v) is 9.24. The first-order valence-electron chi connectivity index (χ1n) is 9.24. The van der Waals surface area contributed by atoms with E-state index in [1.54, 1.807) is 13.1 Å². The molecule has 2 aromatic heterocycles. The molecule has 6 heteroatoms. The van der Waals surface area contributed by atoms with Gasteiger partial charge in [0.05, 0.1) is 0 Å². The van der Waals surface area contributed by atoms with Crippen LogP contribution in [0.4, 0.5) is 0 Å². The topological polar surface area (TPSA) is 72.4 Å². The molecule has 0 spiro atoms. The van der Waals surface area contributed by atoms with Crippen LogP contribution < -0.4 is 0 Å². The van der Waals surface area contributed by atoms with Crippen molar-refractivity contribution in [2.75, 3.05) is 7.05 Å². The van der Waals surface area contributed by atoms with Crippen LogP contribution in [0.15, 0.2) is 81.7 Å². The maximum Gasteiger partial charge on any atom is 0.289 e. The highest BCUT2D eigenvalue weighted by atomic mass is 16.5. The van der Waals surface area contributed by atoms with E-state index in [2.05, 4.69) is 10.1 Å². The van der Waals surface area contributed by atoms with Crippen molar-refractivity contribution in [2.24, 2.45) is 0 Å². The molecule has 0 aliphatic rings. The molecular weight excluding hydrogens is 366 g/mol. The first kappa shape index (κ1) is 17.2. The van der Waals surface area contributed by atoms with Gasteiger partial charge in [-0.2, -0.15) is 4.98 Å². The maximum absolute atomic E-state index is 12.9. The van der Waals surface area contributed by atoms with Crippen molar-refractivity contribution in [3.63, 3.8) is 0 Å². The number of amides is 1. The van der Waals surface area contributed by atoms with Crippen molar-refractivity contribution in [1.29, 1.82) is 0 Å². The van der Waals surface area contributed by atoms with Crippen LogP contribution in [-0.4, -0.2) is 28.0 Å². The number of carbonyl (C=O) groups is 1. The van der Waals surface area contributed by atoms with Crippen LogP contribution in [-0.2, 0) is 6.54 Å². The summed E-state index contributed by atoms with van der Waals surface area (Å²) in [6.45, 7) is 0.191. The van der Waals surface area contributed by atoms with Gasteiger partial charge in [0.15, 0.2) is 5.76 Å². The van der Waals surface area contributed by atoms with Crippen LogP contribution in [0.5, 0.6) is 0 Å². The van der Waals surface area contributed by atoms with E-state index >= 15 is 0 Å². The average Bonchev–Trinajstić information content (AvgIpc) is 3.41. The molecule has 142 valence electrons. The molecule has 2 heterocycles. The van der Waals surface area contributed by atoms with Gasteiger partial charge in [-0.15, -0.1) is 0 Å². The fraction of sp³-hybridized carbons (Fsp3) is 0.0870. The SMILES string of the molecule is CN(Cc1nc(-c2ccccc2)no1)C(=O)c1cc2c(ccc3ccccc32)o1. The zero-order valence-corrected chi connectivity index (χ0v) is 15.7. The fourth-order valence-corrected chi connectivity index (χ4v) is 3.38. The standard InChI is InChI=1S/C23H17N3O3/c1-26(14-21-24-22(25-29-21)16-8-3-2-4-9-16)23(27)20-13-18-17-10-6-5-7-15(17)11-12-19(18)28-20/h2-13H,14H2,1H3. The lowest BCUT2D eigenvalue weighted by Gasteiger charge is -2.12. The second-order valence-electron chi connectivity index (χ2n) is 6.85. The molecule has 5 aromatic rings. The van der Waals surface area contributed by atoms with Gasteiger partial charge >= 0.3 is 0 Å². The molecule has 5 rings (SSSR count). The van der Waals surface area contributed by atoms with E-state index in [9.17, 15) is 4.79 Å². The summed E-state index contributed by atoms with van der Waals surface area (Å²) in [6.07, 6.45) is 0. The predicted octanol–water partition coefficient (Wildman–Crippen LogP) is 4.91. The molecule has 3 aromatic carbocycles. The number of benzene rings is 3. The fourth-order valence-electron chi connectivity index (χ4n) is 3.38. The molecule has 0 bridgehead atoms. The normalized spacial score (nSPS) is 11.2. The lowest BCUT2D eigenvalue weighted by atomic mass is 10.1. The lowest BCUT2D eigenvalue weighted by molar-refractivity contribution is 0.0740. The zero-order valence-electron chi connectivity index (χ0n) is 15.7. The summed E-state index contributed by atoms with van der Waals surface area (Å²) in [5.74, 6) is 0.893. The number of furan rings is 1. The minimum Gasteiger partial charge on any atom is -0.451 e. The van der Waals surface area contributed by atoms with Crippen LogP contribution in [0.3, 0.4) is 0 Å². The maximum atomic E-state index is 12.9. The second kappa shape index (κ2) is 6.91. The first-order chi connectivity index (χ1) is 14.2. The van der Waals surface area contributed by atoms with Crippen LogP contribution in [0.2, 0.25) is 0 Å². The van der Waals surface area contributed by atoms with Gasteiger partial charge in [0, 0.05) is 18.0 Å². The summed E-state index contributed by atoms with van der Waals surface area (Å²) in [5, 5.41) is 7.07. The zero-order chi connectivity index (χ0) is 19.8. The molecule has 0 atom stereocenters. The van der Waals surface area contributed by atoms with Crippen LogP contribution in [0.1, 0.15) is 16.4 Å². The largest absolute Gasteiger partial charge is 0.451 e. The third kappa shape index (κ3) is 3.14. The number of carbonyl (C=O) groups excluding carboxylic acids is 1. The van der Waals surface area contributed by atoms with Gasteiger partial charge in [0.2, 0.25) is 11.7 Å². The van der Waals surface area contributed by atoms with Gasteiger partial charge in [-0.3, -0.25) is 4.79 Å². The molecule has 0 aliphatic carbocycles. The van der Waals surface area contributed by atoms with Gasteiger partial charge in [0.1, 0.15) is 12.1 Å². The van der Waals surface area contributed by atoms with Crippen molar-refractivity contribution < 1.29 is 13.7 Å². The highest BCUT2D eigenvalue weighted by Gasteiger charge is 2.20. The molecule has 0 saturated carbocycles. The Kier molecular flexibility index (Phi) is 4.09.